The maximum atomic E-state index is 5.88. The van der Waals surface area contributed by atoms with Crippen LogP contribution in [0.1, 0.15) is 18.2 Å². The minimum absolute atomic E-state index is 0.275. The van der Waals surface area contributed by atoms with Crippen LogP contribution in [0, 0.1) is 0 Å². The summed E-state index contributed by atoms with van der Waals surface area (Å²) in [6.45, 7) is 6.02. The molecule has 2 aliphatic rings. The molecule has 0 aliphatic carbocycles. The lowest BCUT2D eigenvalue weighted by molar-refractivity contribution is 0.0984. The summed E-state index contributed by atoms with van der Waals surface area (Å²) >= 11 is 0. The van der Waals surface area contributed by atoms with Gasteiger partial charge in [0.2, 0.25) is 0 Å². The lowest BCUT2D eigenvalue weighted by atomic mass is 10.0. The number of ether oxygens (including phenoxy) is 1. The molecule has 1 atom stereocenters. The van der Waals surface area contributed by atoms with Crippen LogP contribution in [0.5, 0.6) is 0 Å². The van der Waals surface area contributed by atoms with Crippen molar-refractivity contribution in [2.45, 2.75) is 25.9 Å². The van der Waals surface area contributed by atoms with E-state index in [1.807, 2.05) is 30.3 Å². The topological polar surface area (TPSA) is 93.3 Å². The molecular weight excluding hydrogens is 378 g/mol. The first-order chi connectivity index (χ1) is 14.7. The van der Waals surface area contributed by atoms with E-state index < -0.39 is 0 Å². The standard InChI is InChI=1S/C22H25N7O/c1-15-13-30-11-10-29(15)22-18-7-9-28(20-6-8-24-14-25-20)12-19(18)26-21(27-22)16-2-4-17(23)5-3-16/h2-6,8,14-15H,7,9-13,23H2,1H3. The minimum atomic E-state index is 0.275. The average molecular weight is 403 g/mol. The van der Waals surface area contributed by atoms with Gasteiger partial charge in [-0.1, -0.05) is 0 Å². The van der Waals surface area contributed by atoms with Crippen molar-refractivity contribution in [3.05, 3.63) is 54.1 Å². The van der Waals surface area contributed by atoms with E-state index in [-0.39, 0.29) is 6.04 Å². The summed E-state index contributed by atoms with van der Waals surface area (Å²) < 4.78 is 5.66. The number of hydrogen-bond donors (Lipinski definition) is 1. The number of aromatic nitrogens is 4. The highest BCUT2D eigenvalue weighted by Crippen LogP contribution is 2.32. The Hall–Kier alpha value is -3.26. The molecule has 154 valence electrons. The Labute approximate surface area is 175 Å². The Morgan fingerprint density at radius 3 is 2.73 bits per heavy atom. The van der Waals surface area contributed by atoms with E-state index >= 15 is 0 Å². The highest BCUT2D eigenvalue weighted by Gasteiger charge is 2.29. The van der Waals surface area contributed by atoms with Crippen LogP contribution in [0.25, 0.3) is 11.4 Å². The Bertz CT molecular complexity index is 1030. The molecule has 1 unspecified atom stereocenters. The van der Waals surface area contributed by atoms with Gasteiger partial charge in [0.25, 0.3) is 0 Å². The lowest BCUT2D eigenvalue weighted by Crippen LogP contribution is -2.45. The largest absolute Gasteiger partial charge is 0.399 e. The SMILES string of the molecule is CC1COCCN1c1nc(-c2ccc(N)cc2)nc2c1CCN(c1ccncn1)C2. The molecule has 5 rings (SSSR count). The highest BCUT2D eigenvalue weighted by atomic mass is 16.5. The lowest BCUT2D eigenvalue weighted by Gasteiger charge is -2.38. The van der Waals surface area contributed by atoms with Crippen molar-refractivity contribution in [3.63, 3.8) is 0 Å². The zero-order valence-corrected chi connectivity index (χ0v) is 17.0. The number of morpholine rings is 1. The van der Waals surface area contributed by atoms with Gasteiger partial charge in [0.15, 0.2) is 5.82 Å². The summed E-state index contributed by atoms with van der Waals surface area (Å²) in [5, 5.41) is 0. The quantitative estimate of drug-likeness (QED) is 0.666. The van der Waals surface area contributed by atoms with Crippen LogP contribution in [0.3, 0.4) is 0 Å². The molecule has 2 aliphatic heterocycles. The Balaban J connectivity index is 1.58. The zero-order chi connectivity index (χ0) is 20.5. The van der Waals surface area contributed by atoms with E-state index in [4.69, 9.17) is 20.4 Å². The van der Waals surface area contributed by atoms with Gasteiger partial charge in [-0.15, -0.1) is 0 Å². The van der Waals surface area contributed by atoms with Crippen molar-refractivity contribution in [3.8, 4) is 11.4 Å². The summed E-state index contributed by atoms with van der Waals surface area (Å²) in [5.74, 6) is 2.68. The van der Waals surface area contributed by atoms with Crippen LogP contribution in [0.4, 0.5) is 17.3 Å². The summed E-state index contributed by atoms with van der Waals surface area (Å²) in [6.07, 6.45) is 4.24. The Morgan fingerprint density at radius 2 is 1.97 bits per heavy atom. The van der Waals surface area contributed by atoms with Gasteiger partial charge in [0, 0.05) is 36.1 Å². The van der Waals surface area contributed by atoms with E-state index in [2.05, 4.69) is 26.7 Å². The molecule has 2 aromatic heterocycles. The number of nitrogens with zero attached hydrogens (tertiary/aromatic N) is 6. The Morgan fingerprint density at radius 1 is 1.10 bits per heavy atom. The maximum absolute atomic E-state index is 5.88. The monoisotopic (exact) mass is 403 g/mol. The number of fused-ring (bicyclic) bond motifs is 1. The molecule has 0 saturated carbocycles. The fourth-order valence-corrected chi connectivity index (χ4v) is 4.12. The van der Waals surface area contributed by atoms with Gasteiger partial charge in [-0.05, 0) is 43.7 Å². The number of rotatable bonds is 3. The first-order valence-electron chi connectivity index (χ1n) is 10.3. The van der Waals surface area contributed by atoms with Crippen LogP contribution in [-0.4, -0.2) is 52.3 Å². The zero-order valence-electron chi connectivity index (χ0n) is 17.0. The summed E-state index contributed by atoms with van der Waals surface area (Å²) in [5.41, 5.74) is 9.86. The second-order valence-corrected chi connectivity index (χ2v) is 7.77. The normalized spacial score (nSPS) is 18.9. The molecule has 8 heteroatoms. The van der Waals surface area contributed by atoms with Crippen LogP contribution < -0.4 is 15.5 Å². The van der Waals surface area contributed by atoms with Crippen molar-refractivity contribution in [1.29, 1.82) is 0 Å². The van der Waals surface area contributed by atoms with E-state index in [9.17, 15) is 0 Å². The van der Waals surface area contributed by atoms with Gasteiger partial charge in [0.1, 0.15) is 18.0 Å². The van der Waals surface area contributed by atoms with Gasteiger partial charge < -0.3 is 20.3 Å². The van der Waals surface area contributed by atoms with Crippen LogP contribution in [-0.2, 0) is 17.7 Å². The molecule has 30 heavy (non-hydrogen) atoms. The number of nitrogen functional groups attached to an aromatic ring is 1. The van der Waals surface area contributed by atoms with E-state index in [0.29, 0.717) is 19.8 Å². The van der Waals surface area contributed by atoms with Crippen molar-refractivity contribution in [2.75, 3.05) is 41.8 Å². The maximum Gasteiger partial charge on any atom is 0.161 e. The minimum Gasteiger partial charge on any atom is -0.399 e. The van der Waals surface area contributed by atoms with Crippen LogP contribution in [0.15, 0.2) is 42.9 Å². The predicted octanol–water partition coefficient (Wildman–Crippen LogP) is 2.30. The summed E-state index contributed by atoms with van der Waals surface area (Å²) in [4.78, 5) is 23.1. The third-order valence-electron chi connectivity index (χ3n) is 5.74. The van der Waals surface area contributed by atoms with E-state index in [1.54, 1.807) is 12.5 Å². The van der Waals surface area contributed by atoms with Gasteiger partial charge >= 0.3 is 0 Å². The second kappa shape index (κ2) is 7.87. The first kappa shape index (κ1) is 18.7. The third-order valence-corrected chi connectivity index (χ3v) is 5.74. The van der Waals surface area contributed by atoms with Crippen molar-refractivity contribution in [2.24, 2.45) is 0 Å². The van der Waals surface area contributed by atoms with Crippen LogP contribution >= 0.6 is 0 Å². The molecule has 4 heterocycles. The number of nitrogens with two attached hydrogens (primary N) is 1. The highest BCUT2D eigenvalue weighted by molar-refractivity contribution is 5.64. The number of benzene rings is 1. The molecule has 8 nitrogen and oxygen atoms in total. The molecule has 0 radical (unpaired) electrons. The average Bonchev–Trinajstić information content (AvgIpc) is 2.79. The second-order valence-electron chi connectivity index (χ2n) is 7.77. The fourth-order valence-electron chi connectivity index (χ4n) is 4.12. The van der Waals surface area contributed by atoms with Gasteiger partial charge in [0.05, 0.1) is 31.5 Å². The van der Waals surface area contributed by atoms with E-state index in [1.165, 1.54) is 5.56 Å². The van der Waals surface area contributed by atoms with Crippen LogP contribution in [0.2, 0.25) is 0 Å². The van der Waals surface area contributed by atoms with Gasteiger partial charge in [-0.25, -0.2) is 19.9 Å². The molecular formula is C22H25N7O. The number of anilines is 3. The number of hydrogen-bond acceptors (Lipinski definition) is 8. The van der Waals surface area contributed by atoms with Gasteiger partial charge in [-0.2, -0.15) is 0 Å². The molecule has 2 N–H and O–H groups in total. The molecule has 1 fully saturated rings. The predicted molar refractivity (Wildman–Crippen MR) is 116 cm³/mol. The van der Waals surface area contributed by atoms with Crippen molar-refractivity contribution < 1.29 is 4.74 Å². The third kappa shape index (κ3) is 3.54. The molecule has 1 saturated heterocycles. The summed E-state index contributed by atoms with van der Waals surface area (Å²) in [6, 6.07) is 9.96. The molecule has 0 amide bonds. The van der Waals surface area contributed by atoms with E-state index in [0.717, 1.165) is 53.9 Å². The van der Waals surface area contributed by atoms with Crippen molar-refractivity contribution >= 4 is 17.3 Å². The molecule has 0 spiro atoms. The van der Waals surface area contributed by atoms with Crippen molar-refractivity contribution in [1.82, 2.24) is 19.9 Å². The molecule has 0 bridgehead atoms. The molecule has 1 aromatic carbocycles. The smallest absolute Gasteiger partial charge is 0.161 e. The first-order valence-corrected chi connectivity index (χ1v) is 10.3. The molecule has 3 aromatic rings. The fraction of sp³-hybridized carbons (Fsp3) is 0.364. The Kier molecular flexibility index (Phi) is 4.92. The summed E-state index contributed by atoms with van der Waals surface area (Å²) in [7, 11) is 0. The van der Waals surface area contributed by atoms with Gasteiger partial charge in [-0.3, -0.25) is 0 Å².